The van der Waals surface area contributed by atoms with Crippen LogP contribution in [0, 0.1) is 0 Å². The van der Waals surface area contributed by atoms with Crippen LogP contribution in [0.1, 0.15) is 13.8 Å². The van der Waals surface area contributed by atoms with Crippen LogP contribution in [0.5, 0.6) is 0 Å². The van der Waals surface area contributed by atoms with Crippen molar-refractivity contribution < 1.29 is 55.1 Å². The van der Waals surface area contributed by atoms with E-state index in [1.807, 2.05) is 13.1 Å². The molecule has 4 aliphatic heterocycles. The van der Waals surface area contributed by atoms with Crippen LogP contribution in [0.15, 0.2) is 0 Å². The third kappa shape index (κ3) is 6.93. The van der Waals surface area contributed by atoms with E-state index in [9.17, 15) is 4.79 Å². The first-order valence-electron chi connectivity index (χ1n) is 11.4. The monoisotopic (exact) mass is 712 g/mol. The number of carbonyl (C=O) groups is 1. The Kier molecular flexibility index (Phi) is 8.36. The highest BCUT2D eigenvalue weighted by molar-refractivity contribution is 9.10. The molecule has 36 heavy (non-hydrogen) atoms. The lowest BCUT2D eigenvalue weighted by molar-refractivity contribution is -0.145. The fourth-order valence-corrected chi connectivity index (χ4v) is 42.1. The number of esters is 1. The average Bonchev–Trinajstić information content (AvgIpc) is 2.63. The van der Waals surface area contributed by atoms with Crippen molar-refractivity contribution in [2.75, 3.05) is 12.8 Å². The van der Waals surface area contributed by atoms with E-state index in [0.717, 1.165) is 0 Å². The lowest BCUT2D eigenvalue weighted by Crippen LogP contribution is -2.78. The van der Waals surface area contributed by atoms with Gasteiger partial charge in [0.25, 0.3) is 0 Å². The molecule has 206 valence electrons. The molecule has 0 aliphatic carbocycles. The number of fused-ring (bicyclic) bond motifs is 4. The minimum absolute atomic E-state index is 0.0164. The van der Waals surface area contributed by atoms with Crippen molar-refractivity contribution in [1.29, 1.82) is 0 Å². The van der Waals surface area contributed by atoms with Gasteiger partial charge in [-0.25, -0.2) is 0 Å². The van der Waals surface area contributed by atoms with Gasteiger partial charge in [-0.2, -0.15) is 0 Å². The molecule has 0 aromatic carbocycles. The first kappa shape index (κ1) is 30.2. The molecule has 0 N–H and O–H groups in total. The standard InChI is InChI=1S/C14H33BrO13Si8/c1-14(2,15)13(16)17-10-11-36-21-30(4)20-33(7)23-32(6)19-29(3)12-18-31(5,27-36)22-34(8,24-32)26-35(9,25-33)28-36/h10-12H2,1-9H3. The second kappa shape index (κ2) is 9.96. The van der Waals surface area contributed by atoms with Gasteiger partial charge < -0.3 is 50.3 Å². The summed E-state index contributed by atoms with van der Waals surface area (Å²) in [5, 5.41) is 0. The molecule has 2 radical (unpaired) electrons. The third-order valence-electron chi connectivity index (χ3n) is 5.19. The number of alkyl halides is 1. The highest BCUT2D eigenvalue weighted by Gasteiger charge is 2.72. The van der Waals surface area contributed by atoms with Gasteiger partial charge in [-0.3, -0.25) is 4.79 Å². The number of halogens is 1. The van der Waals surface area contributed by atoms with Crippen LogP contribution in [-0.2, 0) is 55.1 Å². The Balaban J connectivity index is 1.78. The quantitative estimate of drug-likeness (QED) is 0.240. The Bertz CT molecular complexity index is 890. The summed E-state index contributed by atoms with van der Waals surface area (Å²) in [4.78, 5) is 12.4. The lowest BCUT2D eigenvalue weighted by Gasteiger charge is -2.53. The van der Waals surface area contributed by atoms with Gasteiger partial charge in [-0.05, 0) is 26.9 Å². The molecule has 6 bridgehead atoms. The minimum atomic E-state index is -3.72. The van der Waals surface area contributed by atoms with Crippen LogP contribution in [-0.4, -0.2) is 94.3 Å². The molecule has 22 heteroatoms. The van der Waals surface area contributed by atoms with Gasteiger partial charge in [0, 0.05) is 32.7 Å². The summed E-state index contributed by atoms with van der Waals surface area (Å²) in [5.41, 5.74) is 0. The molecule has 4 aliphatic rings. The maximum atomic E-state index is 12.4. The van der Waals surface area contributed by atoms with Gasteiger partial charge in [0.15, 0.2) is 0 Å². The first-order valence-corrected chi connectivity index (χ1v) is 29.2. The SMILES string of the molecule is C[Si]1CO[Si]2(C)O[Si]3(C)O[Si](C)(O1)O[Si]1(C)O[Si](C)O[Si](CCOC(=O)C(C)(C)Br)(O2)O[Si](C)(O1)O3. The van der Waals surface area contributed by atoms with Crippen molar-refractivity contribution in [3.8, 4) is 0 Å². The predicted octanol–water partition coefficient (Wildman–Crippen LogP) is 2.00. The van der Waals surface area contributed by atoms with Crippen molar-refractivity contribution in [1.82, 2.24) is 0 Å². The summed E-state index contributed by atoms with van der Waals surface area (Å²) < 4.78 is 76.3. The molecular formula is C14H33BrO13Si8. The summed E-state index contributed by atoms with van der Waals surface area (Å²) in [6.07, 6.45) is 0.267. The predicted molar refractivity (Wildman–Crippen MR) is 143 cm³/mol. The van der Waals surface area contributed by atoms with E-state index >= 15 is 0 Å². The number of carbonyl (C=O) groups excluding carboxylic acids is 1. The molecule has 13 nitrogen and oxygen atoms in total. The van der Waals surface area contributed by atoms with E-state index in [1.165, 1.54) is 0 Å². The molecule has 0 spiro atoms. The van der Waals surface area contributed by atoms with Gasteiger partial charge in [0.1, 0.15) is 4.32 Å². The van der Waals surface area contributed by atoms with Gasteiger partial charge >= 0.3 is 68.1 Å². The van der Waals surface area contributed by atoms with Crippen LogP contribution in [0.25, 0.3) is 0 Å². The van der Waals surface area contributed by atoms with E-state index in [2.05, 4.69) is 15.9 Å². The zero-order valence-electron chi connectivity index (χ0n) is 21.8. The number of ether oxygens (including phenoxy) is 1. The summed E-state index contributed by atoms with van der Waals surface area (Å²) >= 11 is 3.32. The van der Waals surface area contributed by atoms with Gasteiger partial charge in [0.05, 0.1) is 18.9 Å². The Labute approximate surface area is 230 Å². The van der Waals surface area contributed by atoms with E-state index in [1.54, 1.807) is 46.6 Å². The summed E-state index contributed by atoms with van der Waals surface area (Å²) in [6.45, 7) is 16.0. The van der Waals surface area contributed by atoms with Crippen LogP contribution in [0.3, 0.4) is 0 Å². The highest BCUT2D eigenvalue weighted by atomic mass is 79.9. The maximum absolute atomic E-state index is 12.4. The zero-order valence-corrected chi connectivity index (χ0v) is 31.4. The van der Waals surface area contributed by atoms with Gasteiger partial charge in [0.2, 0.25) is 9.04 Å². The van der Waals surface area contributed by atoms with Crippen LogP contribution < -0.4 is 0 Å². The Morgan fingerprint density at radius 2 is 1.31 bits per heavy atom. The molecule has 0 saturated carbocycles. The normalized spacial score (nSPS) is 46.6. The van der Waals surface area contributed by atoms with E-state index in [4.69, 9.17) is 50.3 Å². The Morgan fingerprint density at radius 1 is 0.806 bits per heavy atom. The highest BCUT2D eigenvalue weighted by Crippen LogP contribution is 2.42. The molecule has 0 aromatic rings. The average molecular weight is 714 g/mol. The molecule has 6 unspecified atom stereocenters. The maximum Gasteiger partial charge on any atom is 0.482 e. The Morgan fingerprint density at radius 3 is 1.94 bits per heavy atom. The van der Waals surface area contributed by atoms with Crippen LogP contribution >= 0.6 is 15.9 Å². The van der Waals surface area contributed by atoms with Crippen molar-refractivity contribution in [2.45, 2.75) is 70.0 Å². The molecule has 4 heterocycles. The second-order valence-electron chi connectivity index (χ2n) is 9.86. The number of hydrogen-bond donors (Lipinski definition) is 0. The van der Waals surface area contributed by atoms with Crippen LogP contribution in [0.2, 0.25) is 51.9 Å². The molecular weight excluding hydrogens is 681 g/mol. The molecule has 4 rings (SSSR count). The second-order valence-corrected chi connectivity index (χ2v) is 33.5. The fourth-order valence-electron chi connectivity index (χ4n) is 4.31. The van der Waals surface area contributed by atoms with Crippen molar-refractivity contribution in [3.63, 3.8) is 0 Å². The van der Waals surface area contributed by atoms with E-state index in [0.29, 0.717) is 0 Å². The lowest BCUT2D eigenvalue weighted by atomic mass is 10.2. The topological polar surface area (TPSA) is 128 Å². The van der Waals surface area contributed by atoms with E-state index < -0.39 is 81.4 Å². The summed E-state index contributed by atoms with van der Waals surface area (Å²) in [5.74, 6) is -0.426. The molecule has 0 amide bonds. The molecule has 4 saturated heterocycles. The summed E-state index contributed by atoms with van der Waals surface area (Å²) in [6, 6.07) is 0.128. The third-order valence-corrected chi connectivity index (χ3v) is 36.0. The smallest absolute Gasteiger partial charge is 0.465 e. The summed E-state index contributed by atoms with van der Waals surface area (Å²) in [7, 11) is -24.7. The largest absolute Gasteiger partial charge is 0.482 e. The van der Waals surface area contributed by atoms with Crippen molar-refractivity contribution >= 4 is 93.0 Å². The Hall–Kier alpha value is 1.25. The van der Waals surface area contributed by atoms with Gasteiger partial charge in [-0.1, -0.05) is 15.9 Å². The molecule has 6 atom stereocenters. The number of hydrogen-bond acceptors (Lipinski definition) is 13. The first-order chi connectivity index (χ1) is 16.3. The minimum Gasteiger partial charge on any atom is -0.465 e. The van der Waals surface area contributed by atoms with Crippen molar-refractivity contribution in [3.05, 3.63) is 0 Å². The van der Waals surface area contributed by atoms with Crippen LogP contribution in [0.4, 0.5) is 0 Å². The number of rotatable bonds is 4. The molecule has 4 fully saturated rings. The van der Waals surface area contributed by atoms with E-state index in [-0.39, 0.29) is 18.9 Å². The molecule has 0 aromatic heterocycles. The zero-order chi connectivity index (χ0) is 26.8. The fraction of sp³-hybridized carbons (Fsp3) is 0.929. The van der Waals surface area contributed by atoms with Crippen molar-refractivity contribution in [2.24, 2.45) is 0 Å². The van der Waals surface area contributed by atoms with Gasteiger partial charge in [-0.15, -0.1) is 0 Å².